The van der Waals surface area contributed by atoms with Gasteiger partial charge in [-0.25, -0.2) is 4.39 Å². The fourth-order valence-electron chi connectivity index (χ4n) is 3.08. The van der Waals surface area contributed by atoms with Crippen LogP contribution in [0.25, 0.3) is 22.6 Å². The van der Waals surface area contributed by atoms with Crippen LogP contribution in [0.1, 0.15) is 23.1 Å². The van der Waals surface area contributed by atoms with Gasteiger partial charge in [-0.2, -0.15) is 0 Å². The van der Waals surface area contributed by atoms with Crippen molar-refractivity contribution in [1.82, 2.24) is 4.98 Å². The standard InChI is InChI=1S/C19H14FNO/c20-14-6-7-18-16(10-14)13(11-21-18)9-17-15-4-2-1-3-12(15)5-8-19(17)22/h1-4,6-7,9-11,21H,5,8H2. The molecule has 1 N–H and O–H groups in total. The number of carbonyl (C=O) groups is 1. The van der Waals surface area contributed by atoms with Crippen LogP contribution in [0, 0.1) is 5.82 Å². The highest BCUT2D eigenvalue weighted by Gasteiger charge is 2.21. The maximum atomic E-state index is 13.5. The van der Waals surface area contributed by atoms with Gasteiger partial charge in [-0.3, -0.25) is 4.79 Å². The van der Waals surface area contributed by atoms with Crippen molar-refractivity contribution in [3.63, 3.8) is 0 Å². The summed E-state index contributed by atoms with van der Waals surface area (Å²) in [6, 6.07) is 12.6. The molecule has 0 amide bonds. The molecule has 108 valence electrons. The van der Waals surface area contributed by atoms with E-state index >= 15 is 0 Å². The molecule has 1 aromatic heterocycles. The number of aromatic amines is 1. The Balaban J connectivity index is 1.91. The van der Waals surface area contributed by atoms with Crippen LogP contribution >= 0.6 is 0 Å². The molecule has 0 unspecified atom stereocenters. The second kappa shape index (κ2) is 4.95. The lowest BCUT2D eigenvalue weighted by Gasteiger charge is -2.17. The maximum Gasteiger partial charge on any atom is 0.163 e. The highest BCUT2D eigenvalue weighted by atomic mass is 19.1. The fraction of sp³-hybridized carbons (Fsp3) is 0.105. The van der Waals surface area contributed by atoms with E-state index in [0.717, 1.165) is 28.5 Å². The third-order valence-corrected chi connectivity index (χ3v) is 4.20. The van der Waals surface area contributed by atoms with Crippen LogP contribution in [0.3, 0.4) is 0 Å². The van der Waals surface area contributed by atoms with E-state index in [2.05, 4.69) is 11.1 Å². The molecular formula is C19H14FNO. The number of aromatic nitrogens is 1. The fourth-order valence-corrected chi connectivity index (χ4v) is 3.08. The average molecular weight is 291 g/mol. The van der Waals surface area contributed by atoms with E-state index in [1.165, 1.54) is 17.7 Å². The topological polar surface area (TPSA) is 32.9 Å². The van der Waals surface area contributed by atoms with Gasteiger partial charge in [0.25, 0.3) is 0 Å². The van der Waals surface area contributed by atoms with Gasteiger partial charge < -0.3 is 4.98 Å². The highest BCUT2D eigenvalue weighted by Crippen LogP contribution is 2.31. The molecule has 0 aliphatic heterocycles. The molecule has 0 saturated carbocycles. The lowest BCUT2D eigenvalue weighted by atomic mass is 9.85. The second-order valence-electron chi connectivity index (χ2n) is 5.57. The first kappa shape index (κ1) is 13.0. The van der Waals surface area contributed by atoms with Crippen molar-refractivity contribution >= 4 is 28.3 Å². The Labute approximate surface area is 127 Å². The van der Waals surface area contributed by atoms with Crippen molar-refractivity contribution in [2.24, 2.45) is 0 Å². The Kier molecular flexibility index (Phi) is 2.93. The van der Waals surface area contributed by atoms with Crippen LogP contribution < -0.4 is 0 Å². The van der Waals surface area contributed by atoms with E-state index in [-0.39, 0.29) is 11.6 Å². The van der Waals surface area contributed by atoms with E-state index in [9.17, 15) is 9.18 Å². The average Bonchev–Trinajstić information content (AvgIpc) is 2.92. The summed E-state index contributed by atoms with van der Waals surface area (Å²) in [7, 11) is 0. The zero-order valence-corrected chi connectivity index (χ0v) is 11.9. The van der Waals surface area contributed by atoms with Gasteiger partial charge >= 0.3 is 0 Å². The molecule has 1 heterocycles. The molecule has 3 aromatic rings. The number of allylic oxidation sites excluding steroid dienone is 1. The van der Waals surface area contributed by atoms with E-state index in [4.69, 9.17) is 0 Å². The zero-order chi connectivity index (χ0) is 15.1. The minimum absolute atomic E-state index is 0.143. The van der Waals surface area contributed by atoms with Gasteiger partial charge in [-0.1, -0.05) is 24.3 Å². The van der Waals surface area contributed by atoms with Crippen LogP contribution in [0.4, 0.5) is 4.39 Å². The summed E-state index contributed by atoms with van der Waals surface area (Å²) < 4.78 is 13.5. The number of rotatable bonds is 1. The molecule has 0 atom stereocenters. The zero-order valence-electron chi connectivity index (χ0n) is 11.9. The number of fused-ring (bicyclic) bond motifs is 2. The molecule has 1 aliphatic rings. The van der Waals surface area contributed by atoms with E-state index in [1.54, 1.807) is 6.07 Å². The molecule has 0 fully saturated rings. The van der Waals surface area contributed by atoms with Gasteiger partial charge in [-0.05, 0) is 41.8 Å². The first-order chi connectivity index (χ1) is 10.7. The SMILES string of the molecule is O=C1CCc2ccccc2C1=Cc1c[nH]c2ccc(F)cc12. The van der Waals surface area contributed by atoms with Gasteiger partial charge in [0.2, 0.25) is 0 Å². The summed E-state index contributed by atoms with van der Waals surface area (Å²) in [4.78, 5) is 15.5. The predicted molar refractivity (Wildman–Crippen MR) is 85.9 cm³/mol. The number of nitrogens with one attached hydrogen (secondary N) is 1. The molecule has 4 rings (SSSR count). The molecule has 22 heavy (non-hydrogen) atoms. The number of carbonyl (C=O) groups excluding carboxylic acids is 1. The monoisotopic (exact) mass is 291 g/mol. The van der Waals surface area contributed by atoms with Gasteiger partial charge in [-0.15, -0.1) is 0 Å². The molecule has 0 spiro atoms. The quantitative estimate of drug-likeness (QED) is 0.664. The number of H-pyrrole nitrogens is 1. The molecule has 1 aliphatic carbocycles. The summed E-state index contributed by atoms with van der Waals surface area (Å²) in [5, 5.41) is 0.795. The summed E-state index contributed by atoms with van der Waals surface area (Å²) in [5.41, 5.74) is 4.61. The first-order valence-electron chi connectivity index (χ1n) is 7.32. The number of hydrogen-bond acceptors (Lipinski definition) is 1. The smallest absolute Gasteiger partial charge is 0.163 e. The van der Waals surface area contributed by atoms with Crippen molar-refractivity contribution in [3.8, 4) is 0 Å². The van der Waals surface area contributed by atoms with Crippen LogP contribution in [0.15, 0.2) is 48.7 Å². The molecule has 0 radical (unpaired) electrons. The number of hydrogen-bond donors (Lipinski definition) is 1. The van der Waals surface area contributed by atoms with Crippen LogP contribution in [-0.2, 0) is 11.2 Å². The van der Waals surface area contributed by atoms with Gasteiger partial charge in [0.1, 0.15) is 5.82 Å². The highest BCUT2D eigenvalue weighted by molar-refractivity contribution is 6.27. The predicted octanol–water partition coefficient (Wildman–Crippen LogP) is 4.36. The number of benzene rings is 2. The Bertz CT molecular complexity index is 920. The number of ketones is 1. The van der Waals surface area contributed by atoms with E-state index in [0.29, 0.717) is 12.0 Å². The van der Waals surface area contributed by atoms with Gasteiger partial charge in [0.05, 0.1) is 0 Å². The number of Topliss-reactive ketones (excluding diaryl/α,β-unsaturated/α-hetero) is 1. The molecule has 0 bridgehead atoms. The summed E-state index contributed by atoms with van der Waals surface area (Å²) >= 11 is 0. The Morgan fingerprint density at radius 2 is 1.95 bits per heavy atom. The van der Waals surface area contributed by atoms with Crippen molar-refractivity contribution in [3.05, 3.63) is 71.2 Å². The van der Waals surface area contributed by atoms with Crippen molar-refractivity contribution in [1.29, 1.82) is 0 Å². The number of halogens is 1. The van der Waals surface area contributed by atoms with Crippen LogP contribution in [0.5, 0.6) is 0 Å². The Morgan fingerprint density at radius 3 is 2.86 bits per heavy atom. The molecular weight excluding hydrogens is 277 g/mol. The first-order valence-corrected chi connectivity index (χ1v) is 7.32. The van der Waals surface area contributed by atoms with Gasteiger partial charge in [0, 0.05) is 34.7 Å². The largest absolute Gasteiger partial charge is 0.361 e. The third kappa shape index (κ3) is 2.06. The second-order valence-corrected chi connectivity index (χ2v) is 5.57. The van der Waals surface area contributed by atoms with E-state index < -0.39 is 0 Å². The lowest BCUT2D eigenvalue weighted by Crippen LogP contribution is -2.12. The Hall–Kier alpha value is -2.68. The normalized spacial score (nSPS) is 16.2. The summed E-state index contributed by atoms with van der Waals surface area (Å²) in [5.74, 6) is -0.133. The van der Waals surface area contributed by atoms with Crippen molar-refractivity contribution in [2.75, 3.05) is 0 Å². The molecule has 0 saturated heterocycles. The molecule has 3 heteroatoms. The van der Waals surface area contributed by atoms with E-state index in [1.807, 2.05) is 30.5 Å². The maximum absolute atomic E-state index is 13.5. The van der Waals surface area contributed by atoms with Crippen molar-refractivity contribution < 1.29 is 9.18 Å². The summed E-state index contributed by atoms with van der Waals surface area (Å²) in [6.45, 7) is 0. The van der Waals surface area contributed by atoms with Gasteiger partial charge in [0.15, 0.2) is 5.78 Å². The lowest BCUT2D eigenvalue weighted by molar-refractivity contribution is -0.113. The van der Waals surface area contributed by atoms with Crippen LogP contribution in [-0.4, -0.2) is 10.8 Å². The molecule has 2 nitrogen and oxygen atoms in total. The summed E-state index contributed by atoms with van der Waals surface area (Å²) in [6.07, 6.45) is 5.01. The Morgan fingerprint density at radius 1 is 1.09 bits per heavy atom. The minimum atomic E-state index is -0.276. The van der Waals surface area contributed by atoms with Crippen molar-refractivity contribution in [2.45, 2.75) is 12.8 Å². The third-order valence-electron chi connectivity index (χ3n) is 4.20. The minimum Gasteiger partial charge on any atom is -0.361 e. The molecule has 2 aromatic carbocycles. The van der Waals surface area contributed by atoms with Crippen LogP contribution in [0.2, 0.25) is 0 Å². The number of aryl methyl sites for hydroxylation is 1.